The molecular formula is C14H18N2O3S2. The lowest BCUT2D eigenvalue weighted by atomic mass is 10.3. The molecule has 5 nitrogen and oxygen atoms in total. The van der Waals surface area contributed by atoms with Gasteiger partial charge in [-0.05, 0) is 30.0 Å². The van der Waals surface area contributed by atoms with Gasteiger partial charge in [-0.15, -0.1) is 11.3 Å². The molecule has 2 rings (SSSR count). The highest BCUT2D eigenvalue weighted by Gasteiger charge is 2.10. The highest BCUT2D eigenvalue weighted by molar-refractivity contribution is 7.89. The third-order valence-electron chi connectivity index (χ3n) is 2.75. The number of benzene rings is 1. The van der Waals surface area contributed by atoms with E-state index < -0.39 is 10.0 Å². The molecule has 1 aromatic carbocycles. The fourth-order valence-electron chi connectivity index (χ4n) is 1.73. The van der Waals surface area contributed by atoms with Gasteiger partial charge in [0.25, 0.3) is 0 Å². The highest BCUT2D eigenvalue weighted by atomic mass is 32.2. The molecule has 0 aliphatic rings. The van der Waals surface area contributed by atoms with Crippen LogP contribution in [-0.4, -0.2) is 27.3 Å². The zero-order valence-electron chi connectivity index (χ0n) is 11.5. The molecule has 3 N–H and O–H groups in total. The Morgan fingerprint density at radius 2 is 2.10 bits per heavy atom. The predicted molar refractivity (Wildman–Crippen MR) is 86.2 cm³/mol. The maximum Gasteiger partial charge on any atom is 0.214 e. The van der Waals surface area contributed by atoms with E-state index in [1.54, 1.807) is 35.6 Å². The van der Waals surface area contributed by atoms with Gasteiger partial charge in [0.05, 0.1) is 5.75 Å². The Kier molecular flexibility index (Phi) is 5.60. The number of sulfonamides is 1. The van der Waals surface area contributed by atoms with Crippen LogP contribution in [0.5, 0.6) is 5.75 Å². The number of ether oxygens (including phenoxy) is 1. The summed E-state index contributed by atoms with van der Waals surface area (Å²) in [5.41, 5.74) is 6.21. The van der Waals surface area contributed by atoms with Crippen LogP contribution < -0.4 is 15.2 Å². The molecule has 7 heteroatoms. The third kappa shape index (κ3) is 5.74. The molecule has 0 bridgehead atoms. The van der Waals surface area contributed by atoms with E-state index in [9.17, 15) is 8.42 Å². The number of nitrogens with two attached hydrogens (primary N) is 1. The summed E-state index contributed by atoms with van der Waals surface area (Å²) in [6.07, 6.45) is 0.701. The van der Waals surface area contributed by atoms with Gasteiger partial charge in [0, 0.05) is 23.2 Å². The number of nitrogen functional groups attached to an aromatic ring is 1. The molecule has 0 aliphatic carbocycles. The first-order valence-electron chi connectivity index (χ1n) is 6.53. The van der Waals surface area contributed by atoms with Crippen LogP contribution in [0.1, 0.15) is 4.88 Å². The van der Waals surface area contributed by atoms with Gasteiger partial charge in [-0.3, -0.25) is 0 Å². The maximum absolute atomic E-state index is 11.8. The largest absolute Gasteiger partial charge is 0.492 e. The van der Waals surface area contributed by atoms with Gasteiger partial charge in [-0.2, -0.15) is 0 Å². The summed E-state index contributed by atoms with van der Waals surface area (Å²) < 4.78 is 31.6. The Hall–Kier alpha value is -1.57. The Balaban J connectivity index is 1.71. The van der Waals surface area contributed by atoms with Gasteiger partial charge < -0.3 is 10.5 Å². The Labute approximate surface area is 128 Å². The van der Waals surface area contributed by atoms with Gasteiger partial charge in [-0.1, -0.05) is 12.1 Å². The van der Waals surface area contributed by atoms with Crippen LogP contribution in [0.2, 0.25) is 0 Å². The van der Waals surface area contributed by atoms with E-state index in [0.29, 0.717) is 24.4 Å². The zero-order chi connectivity index (χ0) is 15.1. The van der Waals surface area contributed by atoms with Gasteiger partial charge in [0.15, 0.2) is 0 Å². The number of nitrogens with one attached hydrogen (secondary N) is 1. The molecule has 1 aromatic heterocycles. The maximum atomic E-state index is 11.8. The van der Waals surface area contributed by atoms with E-state index in [2.05, 4.69) is 4.72 Å². The van der Waals surface area contributed by atoms with Crippen LogP contribution in [0.4, 0.5) is 5.69 Å². The minimum Gasteiger partial charge on any atom is -0.492 e. The summed E-state index contributed by atoms with van der Waals surface area (Å²) >= 11 is 1.62. The van der Waals surface area contributed by atoms with Crippen LogP contribution in [0.15, 0.2) is 41.8 Å². The first-order valence-corrected chi connectivity index (χ1v) is 9.06. The van der Waals surface area contributed by atoms with Crippen LogP contribution in [0, 0.1) is 0 Å². The van der Waals surface area contributed by atoms with E-state index in [4.69, 9.17) is 10.5 Å². The van der Waals surface area contributed by atoms with Crippen molar-refractivity contribution in [1.82, 2.24) is 4.72 Å². The Bertz CT molecular complexity index is 655. The van der Waals surface area contributed by atoms with E-state index in [1.807, 2.05) is 17.5 Å². The molecule has 114 valence electrons. The lowest BCUT2D eigenvalue weighted by Gasteiger charge is -2.08. The first-order chi connectivity index (χ1) is 10.1. The van der Waals surface area contributed by atoms with E-state index in [0.717, 1.165) is 4.88 Å². The van der Waals surface area contributed by atoms with Gasteiger partial charge in [0.1, 0.15) is 12.4 Å². The normalized spacial score (nSPS) is 11.4. The number of hydrogen-bond acceptors (Lipinski definition) is 5. The Morgan fingerprint density at radius 1 is 1.24 bits per heavy atom. The smallest absolute Gasteiger partial charge is 0.214 e. The fraction of sp³-hybridized carbons (Fsp3) is 0.286. The van der Waals surface area contributed by atoms with Crippen molar-refractivity contribution in [3.8, 4) is 5.75 Å². The fourth-order valence-corrected chi connectivity index (χ4v) is 3.30. The molecule has 0 saturated heterocycles. The van der Waals surface area contributed by atoms with Crippen molar-refractivity contribution in [3.05, 3.63) is 46.7 Å². The number of thiophene rings is 1. The summed E-state index contributed by atoms with van der Waals surface area (Å²) in [7, 11) is -3.32. The summed E-state index contributed by atoms with van der Waals surface area (Å²) in [5.74, 6) is 0.496. The molecule has 0 amide bonds. The molecule has 1 heterocycles. The van der Waals surface area contributed by atoms with E-state index in [-0.39, 0.29) is 12.4 Å². The molecule has 2 aromatic rings. The minimum absolute atomic E-state index is 0.0771. The van der Waals surface area contributed by atoms with Crippen molar-refractivity contribution >= 4 is 27.0 Å². The summed E-state index contributed by atoms with van der Waals surface area (Å²) in [4.78, 5) is 1.16. The van der Waals surface area contributed by atoms with Gasteiger partial charge >= 0.3 is 0 Å². The standard InChI is InChI=1S/C14H18N2O3S2/c15-12-3-1-4-13(11-12)19-8-10-21(17,18)16-7-6-14-5-2-9-20-14/h1-5,9,11,16H,6-8,10,15H2. The van der Waals surface area contributed by atoms with Crippen molar-refractivity contribution in [2.24, 2.45) is 0 Å². The molecule has 0 spiro atoms. The average molecular weight is 326 g/mol. The number of anilines is 1. The molecule has 0 saturated carbocycles. The van der Waals surface area contributed by atoms with Crippen molar-refractivity contribution < 1.29 is 13.2 Å². The van der Waals surface area contributed by atoms with Crippen LogP contribution in [0.25, 0.3) is 0 Å². The van der Waals surface area contributed by atoms with Gasteiger partial charge in [-0.25, -0.2) is 13.1 Å². The number of hydrogen-bond donors (Lipinski definition) is 2. The summed E-state index contributed by atoms with van der Waals surface area (Å²) in [6.45, 7) is 0.499. The predicted octanol–water partition coefficient (Wildman–Crippen LogP) is 1.87. The Morgan fingerprint density at radius 3 is 2.81 bits per heavy atom. The zero-order valence-corrected chi connectivity index (χ0v) is 13.1. The third-order valence-corrected chi connectivity index (χ3v) is 5.04. The molecule has 0 radical (unpaired) electrons. The molecule has 0 unspecified atom stereocenters. The van der Waals surface area contributed by atoms with Crippen molar-refractivity contribution in [2.75, 3.05) is 24.6 Å². The van der Waals surface area contributed by atoms with Crippen LogP contribution in [-0.2, 0) is 16.4 Å². The second kappa shape index (κ2) is 7.44. The lowest BCUT2D eigenvalue weighted by Crippen LogP contribution is -2.30. The van der Waals surface area contributed by atoms with Crippen molar-refractivity contribution in [3.63, 3.8) is 0 Å². The van der Waals surface area contributed by atoms with Crippen molar-refractivity contribution in [2.45, 2.75) is 6.42 Å². The minimum atomic E-state index is -3.32. The van der Waals surface area contributed by atoms with Crippen molar-refractivity contribution in [1.29, 1.82) is 0 Å². The van der Waals surface area contributed by atoms with Gasteiger partial charge in [0.2, 0.25) is 10.0 Å². The number of rotatable bonds is 8. The molecule has 0 aliphatic heterocycles. The summed E-state index contributed by atoms with van der Waals surface area (Å²) in [5, 5.41) is 1.98. The topological polar surface area (TPSA) is 81.4 Å². The summed E-state index contributed by atoms with van der Waals surface area (Å²) in [6, 6.07) is 10.9. The molecule has 0 fully saturated rings. The van der Waals surface area contributed by atoms with Crippen LogP contribution in [0.3, 0.4) is 0 Å². The van der Waals surface area contributed by atoms with E-state index >= 15 is 0 Å². The monoisotopic (exact) mass is 326 g/mol. The quantitative estimate of drug-likeness (QED) is 0.726. The lowest BCUT2D eigenvalue weighted by molar-refractivity contribution is 0.340. The average Bonchev–Trinajstić information content (AvgIpc) is 2.91. The van der Waals surface area contributed by atoms with E-state index in [1.165, 1.54) is 0 Å². The first kappa shape index (κ1) is 15.8. The molecular weight excluding hydrogens is 308 g/mol. The second-order valence-electron chi connectivity index (χ2n) is 4.46. The second-order valence-corrected chi connectivity index (χ2v) is 7.42. The highest BCUT2D eigenvalue weighted by Crippen LogP contribution is 2.14. The molecule has 0 atom stereocenters. The SMILES string of the molecule is Nc1cccc(OCCS(=O)(=O)NCCc2cccs2)c1. The molecule has 21 heavy (non-hydrogen) atoms. The van der Waals surface area contributed by atoms with Crippen LogP contribution >= 0.6 is 11.3 Å².